The normalized spacial score (nSPS) is 22.5. The summed E-state index contributed by atoms with van der Waals surface area (Å²) in [6.07, 6.45) is 5.33. The molecule has 2 aromatic rings. The van der Waals surface area contributed by atoms with Gasteiger partial charge in [0.2, 0.25) is 0 Å². The number of nitrogens with zero attached hydrogens (tertiary/aromatic N) is 1. The van der Waals surface area contributed by atoms with Gasteiger partial charge in [0.15, 0.2) is 0 Å². The molecule has 0 aromatic heterocycles. The molecule has 1 unspecified atom stereocenters. The Kier molecular flexibility index (Phi) is 8.10. The van der Waals surface area contributed by atoms with Crippen molar-refractivity contribution in [3.05, 3.63) is 71.5 Å². The van der Waals surface area contributed by atoms with E-state index >= 15 is 0 Å². The summed E-state index contributed by atoms with van der Waals surface area (Å²) in [5.41, 5.74) is 1.99. The molecule has 6 heteroatoms. The molecule has 1 aliphatic carbocycles. The quantitative estimate of drug-likeness (QED) is 0.650. The van der Waals surface area contributed by atoms with Gasteiger partial charge in [0, 0.05) is 30.8 Å². The number of nitrogens with one attached hydrogen (secondary N) is 1. The number of piperidine rings is 1. The molecular formula is C27H33FN2O3. The van der Waals surface area contributed by atoms with Crippen molar-refractivity contribution in [2.45, 2.75) is 63.6 Å². The minimum atomic E-state index is -0.442. The predicted molar refractivity (Wildman–Crippen MR) is 125 cm³/mol. The number of hydrogen-bond donors (Lipinski definition) is 1. The number of carbonyl (C=O) groups excluding carboxylic acids is 2. The molecule has 1 aliphatic heterocycles. The van der Waals surface area contributed by atoms with E-state index in [0.29, 0.717) is 19.3 Å². The molecule has 0 bridgehead atoms. The summed E-state index contributed by atoms with van der Waals surface area (Å²) in [7, 11) is 0. The zero-order valence-corrected chi connectivity index (χ0v) is 19.0. The van der Waals surface area contributed by atoms with E-state index in [0.717, 1.165) is 43.5 Å². The Bertz CT molecular complexity index is 913. The van der Waals surface area contributed by atoms with Crippen LogP contribution in [0, 0.1) is 11.7 Å². The molecule has 1 saturated carbocycles. The Labute approximate surface area is 195 Å². The van der Waals surface area contributed by atoms with Gasteiger partial charge >= 0.3 is 6.09 Å². The SMILES string of the molecule is O=C1CC[C@@H](NC(=O)OCc2ccccc2)[C@H](C(Cc2ccc(F)cc2)N2CCCCC2)C1. The zero-order valence-electron chi connectivity index (χ0n) is 19.0. The van der Waals surface area contributed by atoms with E-state index in [1.54, 1.807) is 0 Å². The molecule has 1 heterocycles. The molecule has 2 aromatic carbocycles. The number of Topliss-reactive ketones (excluding diaryl/α,β-unsaturated/α-hetero) is 1. The summed E-state index contributed by atoms with van der Waals surface area (Å²) in [6, 6.07) is 16.2. The maximum Gasteiger partial charge on any atom is 0.407 e. The molecule has 1 saturated heterocycles. The third-order valence-corrected chi connectivity index (χ3v) is 6.94. The number of rotatable bonds is 7. The number of ether oxygens (including phenoxy) is 1. The predicted octanol–water partition coefficient (Wildman–Crippen LogP) is 4.89. The Hall–Kier alpha value is -2.73. The van der Waals surface area contributed by atoms with E-state index in [9.17, 15) is 14.0 Å². The van der Waals surface area contributed by atoms with Gasteiger partial charge < -0.3 is 10.1 Å². The molecule has 0 spiro atoms. The fourth-order valence-corrected chi connectivity index (χ4v) is 5.20. The lowest BCUT2D eigenvalue weighted by molar-refractivity contribution is -0.123. The van der Waals surface area contributed by atoms with Gasteiger partial charge in [-0.15, -0.1) is 0 Å². The van der Waals surface area contributed by atoms with Gasteiger partial charge in [-0.25, -0.2) is 9.18 Å². The number of alkyl carbamates (subject to hydrolysis) is 1. The number of amides is 1. The Morgan fingerprint density at radius 3 is 2.48 bits per heavy atom. The lowest BCUT2D eigenvalue weighted by atomic mass is 9.76. The number of benzene rings is 2. The van der Waals surface area contributed by atoms with Crippen molar-refractivity contribution >= 4 is 11.9 Å². The minimum absolute atomic E-state index is 0.00122. The second kappa shape index (κ2) is 11.4. The smallest absolute Gasteiger partial charge is 0.407 e. The summed E-state index contributed by atoms with van der Waals surface area (Å²) in [5.74, 6) is -0.00248. The van der Waals surface area contributed by atoms with Gasteiger partial charge in [0.1, 0.15) is 18.2 Å². The molecule has 5 nitrogen and oxygen atoms in total. The van der Waals surface area contributed by atoms with Crippen molar-refractivity contribution in [2.75, 3.05) is 13.1 Å². The number of ketones is 1. The second-order valence-electron chi connectivity index (χ2n) is 9.25. The van der Waals surface area contributed by atoms with Crippen LogP contribution in [0.1, 0.15) is 49.7 Å². The standard InChI is InChI=1S/C27H33FN2O3/c28-22-11-9-20(10-12-22)17-26(30-15-5-2-6-16-30)24-18-23(31)13-14-25(24)29-27(32)33-19-21-7-3-1-4-8-21/h1,3-4,7-12,24-26H,2,5-6,13-19H2,(H,29,32)/t24-,25-,26?/m1/s1. The summed E-state index contributed by atoms with van der Waals surface area (Å²) in [5, 5.41) is 3.07. The Balaban J connectivity index is 1.48. The summed E-state index contributed by atoms with van der Waals surface area (Å²) >= 11 is 0. The fourth-order valence-electron chi connectivity index (χ4n) is 5.20. The van der Waals surface area contributed by atoms with Crippen LogP contribution in [0.2, 0.25) is 0 Å². The number of likely N-dealkylation sites (tertiary alicyclic amines) is 1. The molecular weight excluding hydrogens is 419 g/mol. The first-order valence-electron chi connectivity index (χ1n) is 12.1. The van der Waals surface area contributed by atoms with Crippen LogP contribution in [0.15, 0.2) is 54.6 Å². The lowest BCUT2D eigenvalue weighted by Crippen LogP contribution is -2.55. The van der Waals surface area contributed by atoms with Crippen LogP contribution in [-0.2, 0) is 22.6 Å². The van der Waals surface area contributed by atoms with Crippen LogP contribution in [0.5, 0.6) is 0 Å². The van der Waals surface area contributed by atoms with Gasteiger partial charge in [0.25, 0.3) is 0 Å². The van der Waals surface area contributed by atoms with E-state index in [1.165, 1.54) is 18.6 Å². The van der Waals surface area contributed by atoms with Gasteiger partial charge in [-0.2, -0.15) is 0 Å². The second-order valence-corrected chi connectivity index (χ2v) is 9.25. The molecule has 33 heavy (non-hydrogen) atoms. The molecule has 2 fully saturated rings. The van der Waals surface area contributed by atoms with Crippen molar-refractivity contribution in [3.63, 3.8) is 0 Å². The van der Waals surface area contributed by atoms with Crippen molar-refractivity contribution in [1.29, 1.82) is 0 Å². The topological polar surface area (TPSA) is 58.6 Å². The monoisotopic (exact) mass is 452 g/mol. The molecule has 2 aliphatic rings. The summed E-state index contributed by atoms with van der Waals surface area (Å²) < 4.78 is 18.9. The van der Waals surface area contributed by atoms with Gasteiger partial charge in [-0.05, 0) is 62.0 Å². The van der Waals surface area contributed by atoms with E-state index < -0.39 is 6.09 Å². The van der Waals surface area contributed by atoms with E-state index in [2.05, 4.69) is 10.2 Å². The molecule has 0 radical (unpaired) electrons. The van der Waals surface area contributed by atoms with Crippen LogP contribution in [0.4, 0.5) is 9.18 Å². The van der Waals surface area contributed by atoms with Crippen molar-refractivity contribution in [3.8, 4) is 0 Å². The van der Waals surface area contributed by atoms with Gasteiger partial charge in [0.05, 0.1) is 0 Å². The maximum atomic E-state index is 13.5. The minimum Gasteiger partial charge on any atom is -0.445 e. The highest BCUT2D eigenvalue weighted by molar-refractivity contribution is 5.80. The first-order chi connectivity index (χ1) is 16.1. The fraction of sp³-hybridized carbons (Fsp3) is 0.481. The summed E-state index contributed by atoms with van der Waals surface area (Å²) in [6.45, 7) is 2.19. The van der Waals surface area contributed by atoms with Gasteiger partial charge in [-0.3, -0.25) is 9.69 Å². The highest BCUT2D eigenvalue weighted by Gasteiger charge is 2.39. The van der Waals surface area contributed by atoms with Gasteiger partial charge in [-0.1, -0.05) is 48.9 Å². The molecule has 4 rings (SSSR count). The van der Waals surface area contributed by atoms with Crippen LogP contribution >= 0.6 is 0 Å². The first kappa shape index (κ1) is 23.4. The van der Waals surface area contributed by atoms with E-state index in [-0.39, 0.29) is 36.2 Å². The average Bonchev–Trinajstić information content (AvgIpc) is 2.85. The number of carbonyl (C=O) groups is 2. The van der Waals surface area contributed by atoms with Crippen molar-refractivity contribution in [2.24, 2.45) is 5.92 Å². The van der Waals surface area contributed by atoms with E-state index in [1.807, 2.05) is 42.5 Å². The largest absolute Gasteiger partial charge is 0.445 e. The van der Waals surface area contributed by atoms with Crippen molar-refractivity contribution in [1.82, 2.24) is 10.2 Å². The zero-order chi connectivity index (χ0) is 23.0. The third kappa shape index (κ3) is 6.64. The number of hydrogen-bond acceptors (Lipinski definition) is 4. The highest BCUT2D eigenvalue weighted by atomic mass is 19.1. The number of halogens is 1. The van der Waals surface area contributed by atoms with Crippen LogP contribution in [0.25, 0.3) is 0 Å². The molecule has 176 valence electrons. The third-order valence-electron chi connectivity index (χ3n) is 6.94. The average molecular weight is 453 g/mol. The highest BCUT2D eigenvalue weighted by Crippen LogP contribution is 2.32. The molecule has 1 amide bonds. The van der Waals surface area contributed by atoms with Crippen molar-refractivity contribution < 1.29 is 18.7 Å². The van der Waals surface area contributed by atoms with Crippen LogP contribution < -0.4 is 5.32 Å². The Morgan fingerprint density at radius 2 is 1.76 bits per heavy atom. The molecule has 1 N–H and O–H groups in total. The summed E-state index contributed by atoms with van der Waals surface area (Å²) in [4.78, 5) is 27.6. The Morgan fingerprint density at radius 1 is 1.03 bits per heavy atom. The van der Waals surface area contributed by atoms with E-state index in [4.69, 9.17) is 4.74 Å². The van der Waals surface area contributed by atoms with Crippen LogP contribution in [-0.4, -0.2) is 41.9 Å². The maximum absolute atomic E-state index is 13.5. The lowest BCUT2D eigenvalue weighted by Gasteiger charge is -2.44. The molecule has 3 atom stereocenters. The first-order valence-corrected chi connectivity index (χ1v) is 12.1. The van der Waals surface area contributed by atoms with Crippen LogP contribution in [0.3, 0.4) is 0 Å².